The molecule has 0 saturated heterocycles. The maximum Gasteiger partial charge on any atom is 0.328 e. The fourth-order valence-electron chi connectivity index (χ4n) is 2.85. The van der Waals surface area contributed by atoms with Crippen LogP contribution >= 0.6 is 0 Å². The Labute approximate surface area is 109 Å². The van der Waals surface area contributed by atoms with Crippen molar-refractivity contribution in [3.05, 3.63) is 22.9 Å². The van der Waals surface area contributed by atoms with Crippen LogP contribution in [0.2, 0.25) is 0 Å². The van der Waals surface area contributed by atoms with E-state index in [4.69, 9.17) is 0 Å². The van der Waals surface area contributed by atoms with Crippen LogP contribution in [-0.4, -0.2) is 21.7 Å². The molecule has 1 heterocycles. The van der Waals surface area contributed by atoms with Crippen molar-refractivity contribution >= 4 is 0 Å². The van der Waals surface area contributed by atoms with Crippen molar-refractivity contribution in [3.63, 3.8) is 0 Å². The summed E-state index contributed by atoms with van der Waals surface area (Å²) in [4.78, 5) is 11.8. The average molecular weight is 251 g/mol. The predicted octanol–water partition coefficient (Wildman–Crippen LogP) is 1.84. The first-order chi connectivity index (χ1) is 8.72. The van der Waals surface area contributed by atoms with Crippen molar-refractivity contribution in [3.8, 4) is 0 Å². The SMILES string of the molecule is CCn1ccn(CCNC2CCCCC2C)c1=O. The van der Waals surface area contributed by atoms with Gasteiger partial charge in [-0.2, -0.15) is 0 Å². The molecule has 0 spiro atoms. The van der Waals surface area contributed by atoms with E-state index in [1.807, 2.05) is 19.3 Å². The summed E-state index contributed by atoms with van der Waals surface area (Å²) in [6.45, 7) is 6.74. The second kappa shape index (κ2) is 6.23. The van der Waals surface area contributed by atoms with Crippen LogP contribution in [0.25, 0.3) is 0 Å². The number of rotatable bonds is 5. The topological polar surface area (TPSA) is 39.0 Å². The van der Waals surface area contributed by atoms with Crippen molar-refractivity contribution in [2.24, 2.45) is 5.92 Å². The molecule has 4 nitrogen and oxygen atoms in total. The second-order valence-corrected chi connectivity index (χ2v) is 5.38. The molecule has 1 saturated carbocycles. The van der Waals surface area contributed by atoms with Crippen molar-refractivity contribution < 1.29 is 0 Å². The molecule has 2 atom stereocenters. The molecule has 0 bridgehead atoms. The zero-order chi connectivity index (χ0) is 13.0. The lowest BCUT2D eigenvalue weighted by molar-refractivity contribution is 0.278. The largest absolute Gasteiger partial charge is 0.328 e. The average Bonchev–Trinajstić information content (AvgIpc) is 2.73. The molecule has 1 fully saturated rings. The van der Waals surface area contributed by atoms with E-state index in [2.05, 4.69) is 12.2 Å². The third-order valence-corrected chi connectivity index (χ3v) is 4.13. The van der Waals surface area contributed by atoms with Crippen molar-refractivity contribution in [1.29, 1.82) is 0 Å². The molecular formula is C14H25N3O. The Morgan fingerprint density at radius 2 is 2.00 bits per heavy atom. The molecule has 1 aromatic heterocycles. The molecule has 4 heteroatoms. The fraction of sp³-hybridized carbons (Fsp3) is 0.786. The Balaban J connectivity index is 1.81. The van der Waals surface area contributed by atoms with Gasteiger partial charge in [-0.15, -0.1) is 0 Å². The van der Waals surface area contributed by atoms with E-state index in [9.17, 15) is 4.79 Å². The van der Waals surface area contributed by atoms with Crippen LogP contribution in [0.3, 0.4) is 0 Å². The molecule has 102 valence electrons. The first kappa shape index (κ1) is 13.4. The molecule has 18 heavy (non-hydrogen) atoms. The molecule has 0 aliphatic heterocycles. The summed E-state index contributed by atoms with van der Waals surface area (Å²) >= 11 is 0. The quantitative estimate of drug-likeness (QED) is 0.867. The molecule has 1 aliphatic rings. The van der Waals surface area contributed by atoms with E-state index in [1.54, 1.807) is 9.13 Å². The van der Waals surface area contributed by atoms with Gasteiger partial charge in [0.25, 0.3) is 0 Å². The minimum absolute atomic E-state index is 0.107. The second-order valence-electron chi connectivity index (χ2n) is 5.38. The van der Waals surface area contributed by atoms with Gasteiger partial charge in [0.2, 0.25) is 0 Å². The molecule has 2 rings (SSSR count). The van der Waals surface area contributed by atoms with Gasteiger partial charge in [0.1, 0.15) is 0 Å². The predicted molar refractivity (Wildman–Crippen MR) is 73.8 cm³/mol. The summed E-state index contributed by atoms with van der Waals surface area (Å²) in [5.74, 6) is 0.774. The Bertz CT molecular complexity index is 421. The maximum absolute atomic E-state index is 11.8. The molecule has 1 aromatic rings. The molecule has 1 aliphatic carbocycles. The standard InChI is InChI=1S/C14H25N3O/c1-3-16-10-11-17(14(16)18)9-8-15-13-7-5-4-6-12(13)2/h10-13,15H,3-9H2,1-2H3. The highest BCUT2D eigenvalue weighted by Crippen LogP contribution is 2.23. The Morgan fingerprint density at radius 1 is 1.28 bits per heavy atom. The van der Waals surface area contributed by atoms with Crippen LogP contribution in [0.15, 0.2) is 17.2 Å². The maximum atomic E-state index is 11.8. The molecular weight excluding hydrogens is 226 g/mol. The number of hydrogen-bond donors (Lipinski definition) is 1. The Morgan fingerprint density at radius 3 is 2.67 bits per heavy atom. The van der Waals surface area contributed by atoms with Crippen LogP contribution in [0.5, 0.6) is 0 Å². The molecule has 2 unspecified atom stereocenters. The van der Waals surface area contributed by atoms with Gasteiger partial charge in [0.15, 0.2) is 0 Å². The minimum atomic E-state index is 0.107. The van der Waals surface area contributed by atoms with Crippen LogP contribution in [-0.2, 0) is 13.1 Å². The Kier molecular flexibility index (Phi) is 4.64. The first-order valence-electron chi connectivity index (χ1n) is 7.21. The van der Waals surface area contributed by atoms with Crippen molar-refractivity contribution in [2.75, 3.05) is 6.54 Å². The highest BCUT2D eigenvalue weighted by Gasteiger charge is 2.20. The Hall–Kier alpha value is -1.03. The van der Waals surface area contributed by atoms with Crippen LogP contribution in [0.4, 0.5) is 0 Å². The molecule has 0 amide bonds. The first-order valence-corrected chi connectivity index (χ1v) is 7.21. The van der Waals surface area contributed by atoms with Crippen molar-refractivity contribution in [1.82, 2.24) is 14.5 Å². The lowest BCUT2D eigenvalue weighted by atomic mass is 9.86. The minimum Gasteiger partial charge on any atom is -0.312 e. The van der Waals surface area contributed by atoms with Gasteiger partial charge in [0, 0.05) is 38.1 Å². The number of aryl methyl sites for hydroxylation is 1. The van der Waals surface area contributed by atoms with E-state index in [1.165, 1.54) is 25.7 Å². The van der Waals surface area contributed by atoms with Crippen LogP contribution in [0.1, 0.15) is 39.5 Å². The number of imidazole rings is 1. The summed E-state index contributed by atoms with van der Waals surface area (Å²) in [6, 6.07) is 0.641. The lowest BCUT2D eigenvalue weighted by Gasteiger charge is -2.29. The van der Waals surface area contributed by atoms with Gasteiger partial charge >= 0.3 is 5.69 Å². The van der Waals surface area contributed by atoms with E-state index >= 15 is 0 Å². The van der Waals surface area contributed by atoms with Gasteiger partial charge < -0.3 is 5.32 Å². The van der Waals surface area contributed by atoms with Gasteiger partial charge in [-0.25, -0.2) is 4.79 Å². The summed E-state index contributed by atoms with van der Waals surface area (Å²) in [5, 5.41) is 3.61. The van der Waals surface area contributed by atoms with Crippen molar-refractivity contribution in [2.45, 2.75) is 58.7 Å². The summed E-state index contributed by atoms with van der Waals surface area (Å²) in [7, 11) is 0. The van der Waals surface area contributed by atoms with Gasteiger partial charge in [0.05, 0.1) is 0 Å². The molecule has 0 aromatic carbocycles. The lowest BCUT2D eigenvalue weighted by Crippen LogP contribution is -2.39. The van der Waals surface area contributed by atoms with Gasteiger partial charge in [-0.3, -0.25) is 9.13 Å². The van der Waals surface area contributed by atoms with E-state index in [-0.39, 0.29) is 5.69 Å². The third-order valence-electron chi connectivity index (χ3n) is 4.13. The molecule has 0 radical (unpaired) electrons. The highest BCUT2D eigenvalue weighted by atomic mass is 16.1. The van der Waals surface area contributed by atoms with Gasteiger partial charge in [-0.05, 0) is 25.7 Å². The third kappa shape index (κ3) is 3.05. The van der Waals surface area contributed by atoms with E-state index < -0.39 is 0 Å². The van der Waals surface area contributed by atoms with Crippen LogP contribution < -0.4 is 11.0 Å². The summed E-state index contributed by atoms with van der Waals surface area (Å²) < 4.78 is 3.53. The van der Waals surface area contributed by atoms with Gasteiger partial charge in [-0.1, -0.05) is 19.8 Å². The molecule has 1 N–H and O–H groups in total. The van der Waals surface area contributed by atoms with E-state index in [0.29, 0.717) is 6.04 Å². The zero-order valence-electron chi connectivity index (χ0n) is 11.6. The summed E-state index contributed by atoms with van der Waals surface area (Å²) in [5.41, 5.74) is 0.107. The zero-order valence-corrected chi connectivity index (χ0v) is 11.6. The summed E-state index contributed by atoms with van der Waals surface area (Å²) in [6.07, 6.45) is 9.09. The fourth-order valence-corrected chi connectivity index (χ4v) is 2.85. The normalized spacial score (nSPS) is 24.3. The number of nitrogens with one attached hydrogen (secondary N) is 1. The monoisotopic (exact) mass is 251 g/mol. The van der Waals surface area contributed by atoms with E-state index in [0.717, 1.165) is 25.6 Å². The number of aromatic nitrogens is 2. The highest BCUT2D eigenvalue weighted by molar-refractivity contribution is 4.82. The van der Waals surface area contributed by atoms with Crippen LogP contribution in [0, 0.1) is 5.92 Å². The number of hydrogen-bond acceptors (Lipinski definition) is 2. The number of nitrogens with zero attached hydrogens (tertiary/aromatic N) is 2. The smallest absolute Gasteiger partial charge is 0.312 e.